The Morgan fingerprint density at radius 2 is 1.74 bits per heavy atom. The van der Waals surface area contributed by atoms with E-state index in [0.717, 1.165) is 15.6 Å². The van der Waals surface area contributed by atoms with E-state index in [1.165, 1.54) is 0 Å². The molecule has 0 saturated carbocycles. The predicted molar refractivity (Wildman–Crippen MR) is 86.5 cm³/mol. The number of benzene rings is 2. The molecule has 2 aromatic rings. The van der Waals surface area contributed by atoms with Crippen molar-refractivity contribution < 1.29 is 0 Å². The Morgan fingerprint density at radius 3 is 2.32 bits per heavy atom. The van der Waals surface area contributed by atoms with Gasteiger partial charge in [0.25, 0.3) is 0 Å². The second-order valence-corrected chi connectivity index (χ2v) is 6.17. The molecular formula is C14H11BrCl3N. The van der Waals surface area contributed by atoms with Gasteiger partial charge in [0.15, 0.2) is 0 Å². The molecule has 1 N–H and O–H groups in total. The standard InChI is InChI=1S/C14H11BrCl3N/c1-19-14(8-2-5-12(17)11(15)6-8)10-4-3-9(16)7-13(10)18/h2-7,14,19H,1H3. The molecule has 1 nitrogen and oxygen atoms in total. The highest BCUT2D eigenvalue weighted by atomic mass is 79.9. The first-order chi connectivity index (χ1) is 9.02. The van der Waals surface area contributed by atoms with E-state index in [4.69, 9.17) is 34.8 Å². The van der Waals surface area contributed by atoms with Gasteiger partial charge in [-0.1, -0.05) is 46.9 Å². The number of nitrogens with one attached hydrogen (secondary N) is 1. The lowest BCUT2D eigenvalue weighted by atomic mass is 9.99. The van der Waals surface area contributed by atoms with Crippen molar-refractivity contribution in [3.05, 3.63) is 67.1 Å². The molecule has 2 rings (SSSR count). The Morgan fingerprint density at radius 1 is 1.00 bits per heavy atom. The smallest absolute Gasteiger partial charge is 0.0589 e. The van der Waals surface area contributed by atoms with Crippen molar-refractivity contribution in [3.8, 4) is 0 Å². The van der Waals surface area contributed by atoms with Crippen LogP contribution in [0.15, 0.2) is 40.9 Å². The molecule has 100 valence electrons. The predicted octanol–water partition coefficient (Wildman–Crippen LogP) is 5.72. The number of hydrogen-bond acceptors (Lipinski definition) is 1. The minimum absolute atomic E-state index is 0.0154. The van der Waals surface area contributed by atoms with E-state index in [9.17, 15) is 0 Å². The highest BCUT2D eigenvalue weighted by Gasteiger charge is 2.16. The topological polar surface area (TPSA) is 12.0 Å². The van der Waals surface area contributed by atoms with Crippen molar-refractivity contribution in [2.45, 2.75) is 6.04 Å². The Labute approximate surface area is 136 Å². The summed E-state index contributed by atoms with van der Waals surface area (Å²) in [7, 11) is 1.89. The monoisotopic (exact) mass is 377 g/mol. The van der Waals surface area contributed by atoms with E-state index in [0.29, 0.717) is 15.1 Å². The molecule has 0 radical (unpaired) electrons. The van der Waals surface area contributed by atoms with Crippen LogP contribution in [0.3, 0.4) is 0 Å². The Hall–Kier alpha value is -0.250. The van der Waals surface area contributed by atoms with E-state index in [1.54, 1.807) is 6.07 Å². The van der Waals surface area contributed by atoms with Crippen LogP contribution >= 0.6 is 50.7 Å². The third kappa shape index (κ3) is 3.45. The molecule has 0 aliphatic carbocycles. The summed E-state index contributed by atoms with van der Waals surface area (Å²) in [4.78, 5) is 0. The average Bonchev–Trinajstić information content (AvgIpc) is 2.37. The van der Waals surface area contributed by atoms with Gasteiger partial charge in [0.05, 0.1) is 11.1 Å². The highest BCUT2D eigenvalue weighted by Crippen LogP contribution is 2.33. The fourth-order valence-corrected chi connectivity index (χ4v) is 2.96. The van der Waals surface area contributed by atoms with E-state index in [2.05, 4.69) is 21.2 Å². The van der Waals surface area contributed by atoms with E-state index in [1.807, 2.05) is 37.4 Å². The van der Waals surface area contributed by atoms with Gasteiger partial charge in [-0.25, -0.2) is 0 Å². The fourth-order valence-electron chi connectivity index (χ4n) is 1.93. The third-order valence-electron chi connectivity index (χ3n) is 2.84. The Balaban J connectivity index is 2.46. The van der Waals surface area contributed by atoms with Crippen LogP contribution in [0.5, 0.6) is 0 Å². The van der Waals surface area contributed by atoms with Crippen LogP contribution in [0, 0.1) is 0 Å². The van der Waals surface area contributed by atoms with Crippen molar-refractivity contribution in [3.63, 3.8) is 0 Å². The maximum atomic E-state index is 6.26. The molecule has 0 aliphatic rings. The van der Waals surface area contributed by atoms with Gasteiger partial charge < -0.3 is 5.32 Å². The van der Waals surface area contributed by atoms with Gasteiger partial charge >= 0.3 is 0 Å². The summed E-state index contributed by atoms with van der Waals surface area (Å²) in [5.74, 6) is 0. The summed E-state index contributed by atoms with van der Waals surface area (Å²) < 4.78 is 0.858. The molecule has 19 heavy (non-hydrogen) atoms. The van der Waals surface area contributed by atoms with Crippen molar-refractivity contribution in [1.82, 2.24) is 5.32 Å². The maximum Gasteiger partial charge on any atom is 0.0589 e. The molecule has 5 heteroatoms. The summed E-state index contributed by atoms with van der Waals surface area (Å²) in [6.45, 7) is 0. The second kappa shape index (κ2) is 6.47. The van der Waals surface area contributed by atoms with Crippen LogP contribution in [0.4, 0.5) is 0 Å². The van der Waals surface area contributed by atoms with Gasteiger partial charge in [0.1, 0.15) is 0 Å². The zero-order valence-electron chi connectivity index (χ0n) is 10.1. The normalized spacial score (nSPS) is 12.5. The summed E-state index contributed by atoms with van der Waals surface area (Å²) in [6, 6.07) is 11.3. The van der Waals surface area contributed by atoms with E-state index < -0.39 is 0 Å². The zero-order valence-corrected chi connectivity index (χ0v) is 13.9. The van der Waals surface area contributed by atoms with Gasteiger partial charge in [-0.2, -0.15) is 0 Å². The molecule has 0 bridgehead atoms. The van der Waals surface area contributed by atoms with Crippen LogP contribution in [0.2, 0.25) is 15.1 Å². The van der Waals surface area contributed by atoms with Crippen LogP contribution in [0.1, 0.15) is 17.2 Å². The Bertz CT molecular complexity index is 601. The number of halogens is 4. The van der Waals surface area contributed by atoms with Crippen molar-refractivity contribution in [2.75, 3.05) is 7.05 Å². The van der Waals surface area contributed by atoms with E-state index >= 15 is 0 Å². The maximum absolute atomic E-state index is 6.26. The first kappa shape index (κ1) is 15.1. The lowest BCUT2D eigenvalue weighted by Crippen LogP contribution is -2.18. The van der Waals surface area contributed by atoms with Gasteiger partial charge in [0, 0.05) is 14.5 Å². The van der Waals surface area contributed by atoms with E-state index in [-0.39, 0.29) is 6.04 Å². The highest BCUT2D eigenvalue weighted by molar-refractivity contribution is 9.10. The summed E-state index contributed by atoms with van der Waals surface area (Å²) in [5.41, 5.74) is 2.05. The second-order valence-electron chi connectivity index (χ2n) is 4.06. The van der Waals surface area contributed by atoms with Gasteiger partial charge in [-0.15, -0.1) is 0 Å². The lowest BCUT2D eigenvalue weighted by molar-refractivity contribution is 0.692. The van der Waals surface area contributed by atoms with Gasteiger partial charge in [-0.05, 0) is 58.4 Å². The number of hydrogen-bond donors (Lipinski definition) is 1. The van der Waals surface area contributed by atoms with Crippen molar-refractivity contribution in [2.24, 2.45) is 0 Å². The Kier molecular flexibility index (Phi) is 5.15. The molecule has 0 aliphatic heterocycles. The molecule has 0 amide bonds. The third-order valence-corrected chi connectivity index (χ3v) is 4.62. The quantitative estimate of drug-likeness (QED) is 0.719. The molecule has 0 aromatic heterocycles. The first-order valence-corrected chi connectivity index (χ1v) is 7.52. The van der Waals surface area contributed by atoms with Crippen molar-refractivity contribution in [1.29, 1.82) is 0 Å². The average molecular weight is 380 g/mol. The van der Waals surface area contributed by atoms with Crippen LogP contribution < -0.4 is 5.32 Å². The molecule has 0 spiro atoms. The molecule has 0 saturated heterocycles. The summed E-state index contributed by atoms with van der Waals surface area (Å²) in [6.07, 6.45) is 0. The molecule has 1 atom stereocenters. The molecule has 0 heterocycles. The minimum Gasteiger partial charge on any atom is -0.309 e. The van der Waals surface area contributed by atoms with Crippen LogP contribution in [0.25, 0.3) is 0 Å². The molecular weight excluding hydrogens is 368 g/mol. The summed E-state index contributed by atoms with van der Waals surface area (Å²) in [5, 5.41) is 5.19. The zero-order chi connectivity index (χ0) is 14.0. The summed E-state index contributed by atoms with van der Waals surface area (Å²) >= 11 is 21.6. The largest absolute Gasteiger partial charge is 0.309 e. The van der Waals surface area contributed by atoms with Crippen molar-refractivity contribution >= 4 is 50.7 Å². The molecule has 0 fully saturated rings. The first-order valence-electron chi connectivity index (χ1n) is 5.60. The SMILES string of the molecule is CNC(c1ccc(Cl)c(Br)c1)c1ccc(Cl)cc1Cl. The van der Waals surface area contributed by atoms with Gasteiger partial charge in [-0.3, -0.25) is 0 Å². The number of rotatable bonds is 3. The molecule has 2 aromatic carbocycles. The van der Waals surface area contributed by atoms with Crippen LogP contribution in [-0.4, -0.2) is 7.05 Å². The lowest BCUT2D eigenvalue weighted by Gasteiger charge is -2.19. The minimum atomic E-state index is -0.0154. The molecule has 1 unspecified atom stereocenters. The van der Waals surface area contributed by atoms with Gasteiger partial charge in [0.2, 0.25) is 0 Å². The fraction of sp³-hybridized carbons (Fsp3) is 0.143. The van der Waals surface area contributed by atoms with Crippen LogP contribution in [-0.2, 0) is 0 Å².